The van der Waals surface area contributed by atoms with Crippen LogP contribution in [-0.4, -0.2) is 41.9 Å². The Labute approximate surface area is 254 Å². The number of amides is 1. The van der Waals surface area contributed by atoms with E-state index in [1.54, 1.807) is 6.08 Å². The Hall–Kier alpha value is -1.18. The topological polar surface area (TPSA) is 104 Å². The predicted octanol–water partition coefficient (Wildman–Crippen LogP) is 9.23. The number of nitrogens with one attached hydrogen (secondary N) is 1. The van der Waals surface area contributed by atoms with Gasteiger partial charge in [-0.25, -0.2) is 0 Å². The molecule has 0 aromatic carbocycles. The average molecular weight is 600 g/mol. The molecule has 0 bridgehead atoms. The summed E-state index contributed by atoms with van der Waals surface area (Å²) in [5, 5.41) is 13.1. The number of aliphatic hydroxyl groups excluding tert-OH is 1. The molecule has 2 unspecified atom stereocenters. The van der Waals surface area contributed by atoms with Gasteiger partial charge in [-0.05, 0) is 32.1 Å². The van der Waals surface area contributed by atoms with Crippen LogP contribution in [0.2, 0.25) is 0 Å². The van der Waals surface area contributed by atoms with Crippen molar-refractivity contribution in [2.75, 3.05) is 5.75 Å². The molecular weight excluding hydrogens is 534 g/mol. The van der Waals surface area contributed by atoms with E-state index in [4.69, 9.17) is 0 Å². The zero-order chi connectivity index (χ0) is 30.4. The number of hydrogen-bond acceptors (Lipinski definition) is 4. The summed E-state index contributed by atoms with van der Waals surface area (Å²) in [5.74, 6) is -0.997. The minimum Gasteiger partial charge on any atom is -0.387 e. The second-order valence-electron chi connectivity index (χ2n) is 11.8. The number of rotatable bonds is 30. The van der Waals surface area contributed by atoms with Crippen LogP contribution in [0.25, 0.3) is 0 Å². The van der Waals surface area contributed by atoms with E-state index in [1.807, 2.05) is 0 Å². The van der Waals surface area contributed by atoms with E-state index in [2.05, 4.69) is 31.3 Å². The molecule has 0 rings (SSSR count). The molecule has 0 aromatic rings. The highest BCUT2D eigenvalue weighted by atomic mass is 32.2. The highest BCUT2D eigenvalue weighted by Gasteiger charge is 2.24. The first kappa shape index (κ1) is 39.8. The second kappa shape index (κ2) is 28.9. The van der Waals surface area contributed by atoms with Gasteiger partial charge >= 0.3 is 0 Å². The monoisotopic (exact) mass is 599 g/mol. The first-order valence-electron chi connectivity index (χ1n) is 17.0. The van der Waals surface area contributed by atoms with Gasteiger partial charge in [0, 0.05) is 6.42 Å². The van der Waals surface area contributed by atoms with Crippen LogP contribution >= 0.6 is 0 Å². The van der Waals surface area contributed by atoms with Crippen LogP contribution in [0.3, 0.4) is 0 Å². The Bertz CT molecular complexity index is 750. The van der Waals surface area contributed by atoms with Gasteiger partial charge in [0.2, 0.25) is 5.91 Å². The van der Waals surface area contributed by atoms with Gasteiger partial charge in [-0.2, -0.15) is 8.42 Å². The van der Waals surface area contributed by atoms with Crippen molar-refractivity contribution in [1.29, 1.82) is 0 Å². The first-order valence-corrected chi connectivity index (χ1v) is 18.6. The summed E-state index contributed by atoms with van der Waals surface area (Å²) in [6.45, 7) is 4.48. The summed E-state index contributed by atoms with van der Waals surface area (Å²) in [4.78, 5) is 12.4. The Morgan fingerprint density at radius 3 is 1.54 bits per heavy atom. The third kappa shape index (κ3) is 30.1. The zero-order valence-electron chi connectivity index (χ0n) is 26.7. The van der Waals surface area contributed by atoms with Gasteiger partial charge in [0.15, 0.2) is 0 Å². The highest BCUT2D eigenvalue weighted by molar-refractivity contribution is 7.85. The standard InChI is InChI=1S/C34H65NO5S/c1-3-5-7-9-11-13-15-17-19-21-23-25-27-29-33(36)32(31-41(38,39)40)35-34(37)30-28-26-24-22-20-18-16-14-12-10-8-6-4-2/h19,21,27,29,32-33,36H,3-18,20,22-26,28,30-31H2,1-2H3,(H,35,37)(H,38,39,40)/b21-19+,29-27+. The average Bonchev–Trinajstić information content (AvgIpc) is 2.92. The van der Waals surface area contributed by atoms with E-state index < -0.39 is 28.0 Å². The van der Waals surface area contributed by atoms with Gasteiger partial charge in [0.1, 0.15) is 0 Å². The third-order valence-electron chi connectivity index (χ3n) is 7.63. The van der Waals surface area contributed by atoms with E-state index in [-0.39, 0.29) is 5.91 Å². The van der Waals surface area contributed by atoms with Gasteiger partial charge in [-0.15, -0.1) is 0 Å². The Morgan fingerprint density at radius 2 is 1.05 bits per heavy atom. The molecule has 0 saturated carbocycles. The van der Waals surface area contributed by atoms with E-state index in [0.29, 0.717) is 6.42 Å². The molecule has 2 atom stereocenters. The molecule has 1 amide bonds. The molecule has 0 saturated heterocycles. The van der Waals surface area contributed by atoms with E-state index in [1.165, 1.54) is 115 Å². The lowest BCUT2D eigenvalue weighted by atomic mass is 10.0. The summed E-state index contributed by atoms with van der Waals surface area (Å²) >= 11 is 0. The van der Waals surface area contributed by atoms with Crippen LogP contribution < -0.4 is 5.32 Å². The van der Waals surface area contributed by atoms with Crippen LogP contribution in [-0.2, 0) is 14.9 Å². The number of unbranched alkanes of at least 4 members (excludes halogenated alkanes) is 20. The number of hydrogen-bond donors (Lipinski definition) is 3. The summed E-state index contributed by atoms with van der Waals surface area (Å²) in [5.41, 5.74) is 0. The maximum absolute atomic E-state index is 12.4. The second-order valence-corrected chi connectivity index (χ2v) is 13.3. The van der Waals surface area contributed by atoms with Crippen LogP contribution in [0.4, 0.5) is 0 Å². The van der Waals surface area contributed by atoms with Crippen molar-refractivity contribution in [2.45, 2.75) is 180 Å². The van der Waals surface area contributed by atoms with Crippen LogP contribution in [0, 0.1) is 0 Å². The van der Waals surface area contributed by atoms with Crippen LogP contribution in [0.15, 0.2) is 24.3 Å². The van der Waals surface area contributed by atoms with Crippen molar-refractivity contribution >= 4 is 16.0 Å². The number of aliphatic hydroxyl groups is 1. The largest absolute Gasteiger partial charge is 0.387 e. The van der Waals surface area contributed by atoms with Crippen molar-refractivity contribution in [1.82, 2.24) is 5.32 Å². The molecule has 6 nitrogen and oxygen atoms in total. The molecule has 0 spiro atoms. The molecular formula is C34H65NO5S. The fourth-order valence-electron chi connectivity index (χ4n) is 5.05. The smallest absolute Gasteiger partial charge is 0.267 e. The Balaban J connectivity index is 4.08. The lowest BCUT2D eigenvalue weighted by Gasteiger charge is -2.21. The quantitative estimate of drug-likeness (QED) is 0.0434. The molecule has 0 aliphatic carbocycles. The SMILES string of the molecule is CCCCCCCCC/C=C/CC/C=C/C(O)C(CS(=O)(=O)O)NC(=O)CCCCCCCCCCCCCCC. The van der Waals surface area contributed by atoms with E-state index in [0.717, 1.165) is 38.5 Å². The van der Waals surface area contributed by atoms with Gasteiger partial charge in [0.05, 0.1) is 17.9 Å². The van der Waals surface area contributed by atoms with Crippen LogP contribution in [0.5, 0.6) is 0 Å². The van der Waals surface area contributed by atoms with Crippen molar-refractivity contribution in [3.8, 4) is 0 Å². The maximum Gasteiger partial charge on any atom is 0.267 e. The predicted molar refractivity (Wildman–Crippen MR) is 175 cm³/mol. The molecule has 0 aliphatic rings. The Morgan fingerprint density at radius 1 is 0.634 bits per heavy atom. The molecule has 7 heteroatoms. The Kier molecular flexibility index (Phi) is 28.1. The van der Waals surface area contributed by atoms with Gasteiger partial charge < -0.3 is 10.4 Å². The summed E-state index contributed by atoms with van der Waals surface area (Å²) < 4.78 is 32.2. The summed E-state index contributed by atoms with van der Waals surface area (Å²) in [7, 11) is -4.34. The molecule has 0 heterocycles. The minimum atomic E-state index is -4.34. The van der Waals surface area contributed by atoms with Gasteiger partial charge in [-0.3, -0.25) is 9.35 Å². The zero-order valence-corrected chi connectivity index (χ0v) is 27.5. The maximum atomic E-state index is 12.4. The fourth-order valence-corrected chi connectivity index (χ4v) is 5.79. The molecule has 0 aliphatic heterocycles. The van der Waals surface area contributed by atoms with E-state index in [9.17, 15) is 22.9 Å². The lowest BCUT2D eigenvalue weighted by molar-refractivity contribution is -0.122. The lowest BCUT2D eigenvalue weighted by Crippen LogP contribution is -2.46. The number of allylic oxidation sites excluding steroid dienone is 3. The third-order valence-corrected chi connectivity index (χ3v) is 8.41. The summed E-state index contributed by atoms with van der Waals surface area (Å²) in [6, 6.07) is -1.07. The molecule has 41 heavy (non-hydrogen) atoms. The normalized spacial score (nSPS) is 13.8. The first-order chi connectivity index (χ1) is 19.8. The summed E-state index contributed by atoms with van der Waals surface area (Å²) in [6.07, 6.45) is 34.4. The minimum absolute atomic E-state index is 0.289. The van der Waals surface area contributed by atoms with Crippen molar-refractivity contribution in [3.05, 3.63) is 24.3 Å². The van der Waals surface area contributed by atoms with Crippen molar-refractivity contribution in [3.63, 3.8) is 0 Å². The molecule has 0 radical (unpaired) electrons. The van der Waals surface area contributed by atoms with Crippen molar-refractivity contribution in [2.24, 2.45) is 0 Å². The number of carbonyl (C=O) groups excluding carboxylic acids is 1. The number of carbonyl (C=O) groups is 1. The highest BCUT2D eigenvalue weighted by Crippen LogP contribution is 2.13. The fraction of sp³-hybridized carbons (Fsp3) is 0.853. The van der Waals surface area contributed by atoms with Crippen molar-refractivity contribution < 1.29 is 22.9 Å². The van der Waals surface area contributed by atoms with Gasteiger partial charge in [0.25, 0.3) is 10.1 Å². The van der Waals surface area contributed by atoms with E-state index >= 15 is 0 Å². The molecule has 0 aromatic heterocycles. The molecule has 3 N–H and O–H groups in total. The molecule has 242 valence electrons. The molecule has 0 fully saturated rings. The van der Waals surface area contributed by atoms with Gasteiger partial charge in [-0.1, -0.05) is 154 Å². The van der Waals surface area contributed by atoms with Crippen LogP contribution in [0.1, 0.15) is 168 Å².